The van der Waals surface area contributed by atoms with E-state index in [0.29, 0.717) is 0 Å². The summed E-state index contributed by atoms with van der Waals surface area (Å²) >= 11 is 0. The van der Waals surface area contributed by atoms with Crippen LogP contribution in [0.2, 0.25) is 0 Å². The zero-order valence-corrected chi connectivity index (χ0v) is 18.9. The molecule has 2 atom stereocenters. The van der Waals surface area contributed by atoms with Crippen LogP contribution in [0.3, 0.4) is 0 Å². The number of aromatic nitrogens is 3. The van der Waals surface area contributed by atoms with Gasteiger partial charge in [-0.1, -0.05) is 30.3 Å². The highest BCUT2D eigenvalue weighted by Crippen LogP contribution is 2.29. The van der Waals surface area contributed by atoms with Gasteiger partial charge in [-0.15, -0.1) is 10.2 Å². The Morgan fingerprint density at radius 1 is 1.09 bits per heavy atom. The summed E-state index contributed by atoms with van der Waals surface area (Å²) in [5, 5.41) is 10.2. The fourth-order valence-electron chi connectivity index (χ4n) is 4.27. The first kappa shape index (κ1) is 24.8. The largest absolute Gasteiger partial charge is 0.451 e. The average Bonchev–Trinajstić information content (AvgIpc) is 3.26. The van der Waals surface area contributed by atoms with Crippen LogP contribution in [-0.4, -0.2) is 38.2 Å². The number of hydrogen-bond acceptors (Lipinski definition) is 4. The molecule has 2 aromatic carbocycles. The van der Waals surface area contributed by atoms with E-state index in [0.717, 1.165) is 28.3 Å². The Balaban J connectivity index is 1.50. The van der Waals surface area contributed by atoms with E-state index in [-0.39, 0.29) is 55.8 Å². The van der Waals surface area contributed by atoms with Crippen molar-refractivity contribution in [3.05, 3.63) is 82.9 Å². The van der Waals surface area contributed by atoms with Gasteiger partial charge in [-0.25, -0.2) is 8.78 Å². The number of benzene rings is 2. The summed E-state index contributed by atoms with van der Waals surface area (Å²) in [5.41, 5.74) is 1.08. The molecule has 0 saturated carbocycles. The smallest absolute Gasteiger partial charge is 0.333 e. The molecule has 0 unspecified atom stereocenters. The van der Waals surface area contributed by atoms with Crippen LogP contribution in [0.15, 0.2) is 48.5 Å². The van der Waals surface area contributed by atoms with Gasteiger partial charge < -0.3 is 14.8 Å². The van der Waals surface area contributed by atoms with Gasteiger partial charge in [-0.05, 0) is 42.7 Å². The Morgan fingerprint density at radius 3 is 2.54 bits per heavy atom. The van der Waals surface area contributed by atoms with Crippen LogP contribution in [-0.2, 0) is 30.5 Å². The molecule has 11 heteroatoms. The van der Waals surface area contributed by atoms with Gasteiger partial charge in [-0.2, -0.15) is 13.2 Å². The van der Waals surface area contributed by atoms with Gasteiger partial charge in [0.05, 0.1) is 6.54 Å². The van der Waals surface area contributed by atoms with Crippen LogP contribution in [0, 0.1) is 11.6 Å². The molecule has 1 amide bonds. The number of hydrogen-bond donors (Lipinski definition) is 1. The van der Waals surface area contributed by atoms with Crippen LogP contribution in [0.1, 0.15) is 42.2 Å². The standard InChI is InChI=1S/C24H24F5N5O/c1-15(16-5-3-2-4-6-16)30-19(12-17-11-18(25)7-8-20(17)26)13-22(35)33-9-10-34-21(14-33)31-32-23(34)24(27,28)29/h2-8,11,15,19,30H,9-10,12-14H2,1H3/t15-,19-/m1/s1. The van der Waals surface area contributed by atoms with Gasteiger partial charge in [0.1, 0.15) is 11.6 Å². The quantitative estimate of drug-likeness (QED) is 0.500. The van der Waals surface area contributed by atoms with Crippen molar-refractivity contribution in [1.82, 2.24) is 25.0 Å². The van der Waals surface area contributed by atoms with Gasteiger partial charge in [0.25, 0.3) is 0 Å². The molecule has 0 saturated heterocycles. The second-order valence-electron chi connectivity index (χ2n) is 8.54. The normalized spacial score (nSPS) is 15.5. The average molecular weight is 493 g/mol. The molecule has 35 heavy (non-hydrogen) atoms. The van der Waals surface area contributed by atoms with Crippen LogP contribution in [0.5, 0.6) is 0 Å². The van der Waals surface area contributed by atoms with Crippen LogP contribution in [0.25, 0.3) is 0 Å². The maximum Gasteiger partial charge on any atom is 0.451 e. The Labute approximate surface area is 198 Å². The number of amides is 1. The molecule has 0 aliphatic carbocycles. The molecule has 6 nitrogen and oxygen atoms in total. The maximum atomic E-state index is 14.3. The molecular formula is C24H24F5N5O. The number of fused-ring (bicyclic) bond motifs is 1. The third-order valence-electron chi connectivity index (χ3n) is 6.04. The van der Waals surface area contributed by atoms with Gasteiger partial charge in [0.15, 0.2) is 5.82 Å². The van der Waals surface area contributed by atoms with E-state index in [9.17, 15) is 26.7 Å². The number of rotatable bonds is 7. The minimum absolute atomic E-state index is 0.0503. The predicted molar refractivity (Wildman–Crippen MR) is 117 cm³/mol. The first-order valence-electron chi connectivity index (χ1n) is 11.1. The molecule has 2 heterocycles. The maximum absolute atomic E-state index is 14.3. The number of halogens is 5. The summed E-state index contributed by atoms with van der Waals surface area (Å²) in [6.45, 7) is 1.76. The summed E-state index contributed by atoms with van der Waals surface area (Å²) in [6, 6.07) is 11.9. The molecule has 4 rings (SSSR count). The first-order valence-corrected chi connectivity index (χ1v) is 11.1. The molecule has 0 fully saturated rings. The highest BCUT2D eigenvalue weighted by atomic mass is 19.4. The SMILES string of the molecule is C[C@@H](N[C@@H](CC(=O)N1CCn2c(nnc2C(F)(F)F)C1)Cc1cc(F)ccc1F)c1ccccc1. The minimum Gasteiger partial charge on any atom is -0.333 e. The van der Waals surface area contributed by atoms with Crippen LogP contribution < -0.4 is 5.32 Å². The molecule has 1 aliphatic heterocycles. The van der Waals surface area contributed by atoms with E-state index in [1.54, 1.807) is 0 Å². The lowest BCUT2D eigenvalue weighted by Gasteiger charge is -2.30. The van der Waals surface area contributed by atoms with Gasteiger partial charge in [0.2, 0.25) is 11.7 Å². The molecular weight excluding hydrogens is 469 g/mol. The lowest BCUT2D eigenvalue weighted by atomic mass is 9.99. The van der Waals surface area contributed by atoms with E-state index in [1.807, 2.05) is 37.3 Å². The molecule has 1 N–H and O–H groups in total. The summed E-state index contributed by atoms with van der Waals surface area (Å²) in [5.74, 6) is -2.53. The Bertz CT molecular complexity index is 1180. The van der Waals surface area contributed by atoms with Crippen molar-refractivity contribution >= 4 is 5.91 Å². The molecule has 0 radical (unpaired) electrons. The molecule has 3 aromatic rings. The fourth-order valence-corrected chi connectivity index (χ4v) is 4.27. The summed E-state index contributed by atoms with van der Waals surface area (Å²) in [4.78, 5) is 14.5. The first-order chi connectivity index (χ1) is 16.6. The van der Waals surface area contributed by atoms with Crippen molar-refractivity contribution in [2.24, 2.45) is 0 Å². The van der Waals surface area contributed by atoms with Gasteiger partial charge in [-0.3, -0.25) is 4.79 Å². The minimum atomic E-state index is -4.63. The van der Waals surface area contributed by atoms with Gasteiger partial charge in [0, 0.05) is 31.6 Å². The van der Waals surface area contributed by atoms with E-state index >= 15 is 0 Å². The Kier molecular flexibility index (Phi) is 7.15. The zero-order valence-electron chi connectivity index (χ0n) is 18.9. The zero-order chi connectivity index (χ0) is 25.2. The number of nitrogens with one attached hydrogen (secondary N) is 1. The van der Waals surface area contributed by atoms with Crippen molar-refractivity contribution in [2.75, 3.05) is 6.54 Å². The lowest BCUT2D eigenvalue weighted by molar-refractivity contribution is -0.148. The molecule has 0 spiro atoms. The third-order valence-corrected chi connectivity index (χ3v) is 6.04. The van der Waals surface area contributed by atoms with Crippen molar-refractivity contribution in [2.45, 2.75) is 51.1 Å². The van der Waals surface area contributed by atoms with Gasteiger partial charge >= 0.3 is 6.18 Å². The van der Waals surface area contributed by atoms with Crippen molar-refractivity contribution in [1.29, 1.82) is 0 Å². The number of carbonyl (C=O) groups is 1. The topological polar surface area (TPSA) is 63.1 Å². The molecule has 1 aromatic heterocycles. The highest BCUT2D eigenvalue weighted by Gasteiger charge is 2.40. The Morgan fingerprint density at radius 2 is 1.83 bits per heavy atom. The summed E-state index contributed by atoms with van der Waals surface area (Å²) in [7, 11) is 0. The monoisotopic (exact) mass is 493 g/mol. The van der Waals surface area contributed by atoms with E-state index in [2.05, 4.69) is 15.5 Å². The van der Waals surface area contributed by atoms with Crippen molar-refractivity contribution in [3.8, 4) is 0 Å². The third kappa shape index (κ3) is 5.84. The second kappa shape index (κ2) is 10.1. The summed E-state index contributed by atoms with van der Waals surface area (Å²) < 4.78 is 68.4. The predicted octanol–water partition coefficient (Wildman–Crippen LogP) is 4.27. The van der Waals surface area contributed by atoms with Crippen molar-refractivity contribution in [3.63, 3.8) is 0 Å². The van der Waals surface area contributed by atoms with Crippen molar-refractivity contribution < 1.29 is 26.7 Å². The van der Waals surface area contributed by atoms with Crippen LogP contribution >= 0.6 is 0 Å². The summed E-state index contributed by atoms with van der Waals surface area (Å²) in [6.07, 6.45) is -4.64. The number of nitrogens with zero attached hydrogens (tertiary/aromatic N) is 4. The molecule has 0 bridgehead atoms. The molecule has 186 valence electrons. The molecule has 1 aliphatic rings. The number of carbonyl (C=O) groups excluding carboxylic acids is 1. The fraction of sp³-hybridized carbons (Fsp3) is 0.375. The highest BCUT2D eigenvalue weighted by molar-refractivity contribution is 5.77. The van der Waals surface area contributed by atoms with Crippen LogP contribution in [0.4, 0.5) is 22.0 Å². The lowest BCUT2D eigenvalue weighted by Crippen LogP contribution is -2.43. The number of alkyl halides is 3. The van der Waals surface area contributed by atoms with E-state index < -0.39 is 29.7 Å². The Hall–Kier alpha value is -3.34. The second-order valence-corrected chi connectivity index (χ2v) is 8.54. The van der Waals surface area contributed by atoms with E-state index in [4.69, 9.17) is 0 Å². The van der Waals surface area contributed by atoms with E-state index in [1.165, 1.54) is 4.90 Å².